The summed E-state index contributed by atoms with van der Waals surface area (Å²) in [4.78, 5) is 11.9. The molecule has 1 N–H and O–H groups in total. The third kappa shape index (κ3) is 3.42. The van der Waals surface area contributed by atoms with E-state index in [4.69, 9.17) is 11.6 Å². The smallest absolute Gasteiger partial charge is 0.255 e. The Kier molecular flexibility index (Phi) is 4.36. The Morgan fingerprint density at radius 2 is 1.84 bits per heavy atom. The molecule has 0 fully saturated rings. The Bertz CT molecular complexity index is 649. The lowest BCUT2D eigenvalue weighted by Crippen LogP contribution is -2.12. The van der Waals surface area contributed by atoms with E-state index in [0.717, 1.165) is 15.7 Å². The minimum atomic E-state index is -1.02. The standard InChI is InChI=1S/C13H7ClF2INO/c14-9-5-7(1-4-12(9)17)13(19)18-8-2-3-10(15)11(16)6-8/h1-6H,(H,18,19). The normalized spacial score (nSPS) is 10.3. The molecular weight excluding hydrogens is 387 g/mol. The highest BCUT2D eigenvalue weighted by Crippen LogP contribution is 2.20. The fourth-order valence-corrected chi connectivity index (χ4v) is 1.93. The summed E-state index contributed by atoms with van der Waals surface area (Å²) in [6, 6.07) is 7.96. The van der Waals surface area contributed by atoms with E-state index in [1.807, 2.05) is 22.6 Å². The molecule has 0 aliphatic heterocycles. The van der Waals surface area contributed by atoms with Gasteiger partial charge in [-0.05, 0) is 52.9 Å². The largest absolute Gasteiger partial charge is 0.322 e. The minimum absolute atomic E-state index is 0.179. The third-order valence-electron chi connectivity index (χ3n) is 2.36. The molecule has 19 heavy (non-hydrogen) atoms. The van der Waals surface area contributed by atoms with Gasteiger partial charge in [-0.2, -0.15) is 0 Å². The second-order valence-corrected chi connectivity index (χ2v) is 5.28. The molecule has 0 unspecified atom stereocenters. The van der Waals surface area contributed by atoms with E-state index in [2.05, 4.69) is 5.32 Å². The van der Waals surface area contributed by atoms with Crippen LogP contribution < -0.4 is 5.32 Å². The van der Waals surface area contributed by atoms with E-state index in [1.165, 1.54) is 12.1 Å². The molecule has 0 atom stereocenters. The summed E-state index contributed by atoms with van der Waals surface area (Å²) in [7, 11) is 0. The molecular formula is C13H7ClF2INO. The SMILES string of the molecule is O=C(Nc1ccc(F)c(F)c1)c1ccc(I)c(Cl)c1. The van der Waals surface area contributed by atoms with Crippen molar-refractivity contribution in [3.8, 4) is 0 Å². The summed E-state index contributed by atoms with van der Waals surface area (Å²) >= 11 is 7.95. The highest BCUT2D eigenvalue weighted by atomic mass is 127. The Hall–Kier alpha value is -1.21. The van der Waals surface area contributed by atoms with Crippen LogP contribution in [0.2, 0.25) is 5.02 Å². The molecule has 2 aromatic rings. The van der Waals surface area contributed by atoms with Crippen molar-refractivity contribution in [2.24, 2.45) is 0 Å². The van der Waals surface area contributed by atoms with Gasteiger partial charge in [0.25, 0.3) is 5.91 Å². The van der Waals surface area contributed by atoms with Gasteiger partial charge in [0, 0.05) is 20.9 Å². The molecule has 0 aliphatic rings. The fourth-order valence-electron chi connectivity index (χ4n) is 1.41. The summed E-state index contributed by atoms with van der Waals surface area (Å²) < 4.78 is 26.6. The van der Waals surface area contributed by atoms with Crippen LogP contribution >= 0.6 is 34.2 Å². The van der Waals surface area contributed by atoms with Gasteiger partial charge < -0.3 is 5.32 Å². The summed E-state index contributed by atoms with van der Waals surface area (Å²) in [5, 5.41) is 2.92. The average Bonchev–Trinajstić information content (AvgIpc) is 2.37. The molecule has 0 heterocycles. The fraction of sp³-hybridized carbons (Fsp3) is 0. The number of anilines is 1. The van der Waals surface area contributed by atoms with Crippen molar-refractivity contribution in [2.45, 2.75) is 0 Å². The highest BCUT2D eigenvalue weighted by Gasteiger charge is 2.10. The molecule has 1 amide bonds. The van der Waals surface area contributed by atoms with Gasteiger partial charge in [-0.1, -0.05) is 11.6 Å². The number of nitrogens with one attached hydrogen (secondary N) is 1. The average molecular weight is 394 g/mol. The van der Waals surface area contributed by atoms with Gasteiger partial charge in [-0.15, -0.1) is 0 Å². The van der Waals surface area contributed by atoms with E-state index in [9.17, 15) is 13.6 Å². The molecule has 2 rings (SSSR count). The molecule has 98 valence electrons. The topological polar surface area (TPSA) is 29.1 Å². The highest BCUT2D eigenvalue weighted by molar-refractivity contribution is 14.1. The lowest BCUT2D eigenvalue weighted by atomic mass is 10.2. The van der Waals surface area contributed by atoms with Crippen LogP contribution in [0.25, 0.3) is 0 Å². The molecule has 0 spiro atoms. The van der Waals surface area contributed by atoms with Gasteiger partial charge in [0.2, 0.25) is 0 Å². The number of carbonyl (C=O) groups excluding carboxylic acids is 1. The van der Waals surface area contributed by atoms with Gasteiger partial charge in [-0.25, -0.2) is 8.78 Å². The van der Waals surface area contributed by atoms with Crippen molar-refractivity contribution >= 4 is 45.8 Å². The van der Waals surface area contributed by atoms with Crippen molar-refractivity contribution in [3.05, 3.63) is 62.2 Å². The summed E-state index contributed by atoms with van der Waals surface area (Å²) in [5.74, 6) is -2.42. The summed E-state index contributed by atoms with van der Waals surface area (Å²) in [6.07, 6.45) is 0. The molecule has 0 aliphatic carbocycles. The van der Waals surface area contributed by atoms with Crippen LogP contribution in [-0.4, -0.2) is 5.91 Å². The predicted molar refractivity (Wildman–Crippen MR) is 78.5 cm³/mol. The first-order valence-corrected chi connectivity index (χ1v) is 6.64. The molecule has 0 saturated carbocycles. The van der Waals surface area contributed by atoms with Crippen LogP contribution in [0.15, 0.2) is 36.4 Å². The zero-order valence-corrected chi connectivity index (χ0v) is 12.3. The Morgan fingerprint density at radius 1 is 1.11 bits per heavy atom. The maximum Gasteiger partial charge on any atom is 0.255 e. The van der Waals surface area contributed by atoms with Gasteiger partial charge in [0.15, 0.2) is 11.6 Å². The predicted octanol–water partition coefficient (Wildman–Crippen LogP) is 4.48. The Morgan fingerprint density at radius 3 is 2.47 bits per heavy atom. The van der Waals surface area contributed by atoms with Crippen LogP contribution in [0.3, 0.4) is 0 Å². The van der Waals surface area contributed by atoms with Crippen molar-refractivity contribution in [3.63, 3.8) is 0 Å². The van der Waals surface area contributed by atoms with Crippen LogP contribution in [0.5, 0.6) is 0 Å². The maximum atomic E-state index is 13.0. The van der Waals surface area contributed by atoms with E-state index in [0.29, 0.717) is 10.6 Å². The number of hydrogen-bond acceptors (Lipinski definition) is 1. The number of halogens is 4. The molecule has 2 aromatic carbocycles. The van der Waals surface area contributed by atoms with Crippen LogP contribution in [-0.2, 0) is 0 Å². The second kappa shape index (κ2) is 5.83. The zero-order valence-electron chi connectivity index (χ0n) is 9.38. The van der Waals surface area contributed by atoms with Crippen molar-refractivity contribution in [2.75, 3.05) is 5.32 Å². The minimum Gasteiger partial charge on any atom is -0.322 e. The number of carbonyl (C=O) groups is 1. The van der Waals surface area contributed by atoms with Crippen LogP contribution in [0.1, 0.15) is 10.4 Å². The van der Waals surface area contributed by atoms with Gasteiger partial charge in [0.05, 0.1) is 5.02 Å². The zero-order chi connectivity index (χ0) is 14.0. The first kappa shape index (κ1) is 14.2. The quantitative estimate of drug-likeness (QED) is 0.749. The molecule has 0 saturated heterocycles. The Labute approximate surface area is 126 Å². The lowest BCUT2D eigenvalue weighted by Gasteiger charge is -2.06. The second-order valence-electron chi connectivity index (χ2n) is 3.71. The molecule has 0 aromatic heterocycles. The number of benzene rings is 2. The molecule has 6 heteroatoms. The lowest BCUT2D eigenvalue weighted by molar-refractivity contribution is 0.102. The van der Waals surface area contributed by atoms with E-state index < -0.39 is 17.5 Å². The maximum absolute atomic E-state index is 13.0. The monoisotopic (exact) mass is 393 g/mol. The molecule has 0 bridgehead atoms. The van der Waals surface area contributed by atoms with Crippen molar-refractivity contribution in [1.29, 1.82) is 0 Å². The van der Waals surface area contributed by atoms with E-state index in [-0.39, 0.29) is 5.69 Å². The number of hydrogen-bond donors (Lipinski definition) is 1. The Balaban J connectivity index is 2.20. The summed E-state index contributed by atoms with van der Waals surface area (Å²) in [6.45, 7) is 0. The number of rotatable bonds is 2. The third-order valence-corrected chi connectivity index (χ3v) is 3.93. The first-order valence-electron chi connectivity index (χ1n) is 5.19. The van der Waals surface area contributed by atoms with Crippen LogP contribution in [0, 0.1) is 15.2 Å². The van der Waals surface area contributed by atoms with E-state index >= 15 is 0 Å². The summed E-state index contributed by atoms with van der Waals surface area (Å²) in [5.41, 5.74) is 0.522. The van der Waals surface area contributed by atoms with Crippen LogP contribution in [0.4, 0.5) is 14.5 Å². The molecule has 0 radical (unpaired) electrons. The van der Waals surface area contributed by atoms with Crippen molar-refractivity contribution in [1.82, 2.24) is 0 Å². The van der Waals surface area contributed by atoms with Gasteiger partial charge in [-0.3, -0.25) is 4.79 Å². The van der Waals surface area contributed by atoms with Gasteiger partial charge in [0.1, 0.15) is 0 Å². The molecule has 2 nitrogen and oxygen atoms in total. The first-order chi connectivity index (χ1) is 8.97. The van der Waals surface area contributed by atoms with Gasteiger partial charge >= 0.3 is 0 Å². The number of amides is 1. The van der Waals surface area contributed by atoms with Crippen molar-refractivity contribution < 1.29 is 13.6 Å². The van der Waals surface area contributed by atoms with E-state index in [1.54, 1.807) is 12.1 Å².